The van der Waals surface area contributed by atoms with E-state index in [-0.39, 0.29) is 103 Å². The quantitative estimate of drug-likeness (QED) is 0.0731. The molecular weight excluding hydrogens is 793 g/mol. The number of rotatable bonds is 21. The lowest BCUT2D eigenvalue weighted by atomic mass is 10.1. The molecule has 4 rings (SSSR count). The van der Waals surface area contributed by atoms with Crippen LogP contribution in [-0.4, -0.2) is 171 Å². The predicted octanol–water partition coefficient (Wildman–Crippen LogP) is 0.776. The molecule has 0 bridgehead atoms. The monoisotopic (exact) mass is 848 g/mol. The highest BCUT2D eigenvalue weighted by atomic mass is 16.4. The number of carbonyl (C=O) groups is 7. The second kappa shape index (κ2) is 24.9. The Morgan fingerprint density at radius 1 is 0.607 bits per heavy atom. The van der Waals surface area contributed by atoms with E-state index in [9.17, 15) is 54.0 Å². The highest BCUT2D eigenvalue weighted by Gasteiger charge is 2.28. The van der Waals surface area contributed by atoms with Crippen LogP contribution in [0, 0.1) is 0 Å². The molecule has 1 atom stereocenters. The first kappa shape index (κ1) is 47.7. The molecule has 61 heavy (non-hydrogen) atoms. The summed E-state index contributed by atoms with van der Waals surface area (Å²) in [6.45, 7) is 1.12. The molecule has 1 aliphatic heterocycles. The largest absolute Gasteiger partial charge is 0.480 e. The van der Waals surface area contributed by atoms with Gasteiger partial charge in [-0.2, -0.15) is 0 Å². The molecule has 330 valence electrons. The second-order valence-electron chi connectivity index (χ2n) is 14.9. The number of carboxylic acid groups (broad SMARTS) is 4. The SMILES string of the molecule is O=C(O)CN1CCN(CC(=O)O)CCN(C(CCC(=O)NCc2ccc(C(=O)NCCCCC(=O)NCc3nccc4ccccc34)cc2)C(=O)O)CCN(CC(=O)O)CC1. The normalized spacial score (nSPS) is 15.5. The number of nitrogens with one attached hydrogen (secondary N) is 3. The molecular formula is C42H56N8O11. The summed E-state index contributed by atoms with van der Waals surface area (Å²) in [5.74, 6) is -5.24. The van der Waals surface area contributed by atoms with Crippen molar-refractivity contribution in [3.05, 3.63) is 77.6 Å². The standard InChI is InChI=1S/C42H56N8O11/c51-36(46-26-34-33-6-2-1-5-31(33)14-16-43-34)7-3-4-15-44-41(59)32-10-8-30(9-11-32)25-45-37(52)13-12-35(42(60)61)50-23-21-48(28-39(55)56)19-17-47(27-38(53)54)18-20-49(22-24-50)29-40(57)58/h1-2,5-6,8-11,14,16,35H,3-4,7,12-13,15,17-29H2,(H,44,59)(H,45,52)(H,46,51)(H,53,54)(H,55,56)(H,57,58)(H,60,61). The molecule has 0 radical (unpaired) electrons. The number of carboxylic acids is 4. The Morgan fingerprint density at radius 2 is 1.15 bits per heavy atom. The van der Waals surface area contributed by atoms with Crippen molar-refractivity contribution in [2.24, 2.45) is 0 Å². The average molecular weight is 849 g/mol. The predicted molar refractivity (Wildman–Crippen MR) is 223 cm³/mol. The molecule has 3 amide bonds. The maximum absolute atomic E-state index is 12.9. The first-order valence-corrected chi connectivity index (χ1v) is 20.3. The van der Waals surface area contributed by atoms with Gasteiger partial charge in [0.15, 0.2) is 0 Å². The summed E-state index contributed by atoms with van der Waals surface area (Å²) in [6.07, 6.45) is 3.02. The van der Waals surface area contributed by atoms with Crippen LogP contribution >= 0.6 is 0 Å². The highest BCUT2D eigenvalue weighted by molar-refractivity contribution is 5.94. The Balaban J connectivity index is 1.21. The van der Waals surface area contributed by atoms with E-state index in [4.69, 9.17) is 0 Å². The molecule has 1 unspecified atom stereocenters. The van der Waals surface area contributed by atoms with Crippen LogP contribution in [0.2, 0.25) is 0 Å². The zero-order chi connectivity index (χ0) is 44.1. The van der Waals surface area contributed by atoms with Gasteiger partial charge in [0.1, 0.15) is 6.04 Å². The van der Waals surface area contributed by atoms with Crippen molar-refractivity contribution in [3.63, 3.8) is 0 Å². The lowest BCUT2D eigenvalue weighted by Crippen LogP contribution is -2.52. The van der Waals surface area contributed by atoms with E-state index in [2.05, 4.69) is 20.9 Å². The highest BCUT2D eigenvalue weighted by Crippen LogP contribution is 2.16. The topological polar surface area (TPSA) is 262 Å². The van der Waals surface area contributed by atoms with E-state index < -0.39 is 35.8 Å². The summed E-state index contributed by atoms with van der Waals surface area (Å²) >= 11 is 0. The molecule has 7 N–H and O–H groups in total. The molecule has 0 saturated carbocycles. The third-order valence-corrected chi connectivity index (χ3v) is 10.4. The van der Waals surface area contributed by atoms with E-state index in [1.165, 1.54) is 0 Å². The van der Waals surface area contributed by atoms with Crippen LogP contribution in [0.3, 0.4) is 0 Å². The summed E-state index contributed by atoms with van der Waals surface area (Å²) in [5.41, 5.74) is 1.94. The molecule has 1 fully saturated rings. The number of carbonyl (C=O) groups excluding carboxylic acids is 3. The fourth-order valence-electron chi connectivity index (χ4n) is 7.01. The fraction of sp³-hybridized carbons (Fsp3) is 0.476. The van der Waals surface area contributed by atoms with Gasteiger partial charge in [-0.15, -0.1) is 0 Å². The molecule has 1 aromatic heterocycles. The van der Waals surface area contributed by atoms with E-state index in [1.54, 1.807) is 50.1 Å². The first-order valence-electron chi connectivity index (χ1n) is 20.3. The van der Waals surface area contributed by atoms with Crippen molar-refractivity contribution in [1.82, 2.24) is 40.5 Å². The number of aromatic nitrogens is 1. The average Bonchev–Trinajstić information content (AvgIpc) is 3.22. The van der Waals surface area contributed by atoms with Gasteiger partial charge < -0.3 is 36.4 Å². The van der Waals surface area contributed by atoms with Crippen LogP contribution < -0.4 is 16.0 Å². The van der Waals surface area contributed by atoms with Crippen LogP contribution in [0.25, 0.3) is 10.8 Å². The molecule has 0 spiro atoms. The number of benzene rings is 2. The van der Waals surface area contributed by atoms with Crippen LogP contribution in [0.15, 0.2) is 60.8 Å². The molecule has 19 heteroatoms. The molecule has 19 nitrogen and oxygen atoms in total. The Kier molecular flexibility index (Phi) is 19.5. The van der Waals surface area contributed by atoms with Gasteiger partial charge >= 0.3 is 23.9 Å². The second-order valence-corrected chi connectivity index (χ2v) is 14.9. The Labute approximate surface area is 353 Å². The van der Waals surface area contributed by atoms with Gasteiger partial charge in [0, 0.05) is 95.4 Å². The number of hydrogen-bond donors (Lipinski definition) is 7. The molecule has 1 saturated heterocycles. The smallest absolute Gasteiger partial charge is 0.320 e. The van der Waals surface area contributed by atoms with Crippen LogP contribution in [-0.2, 0) is 41.9 Å². The number of fused-ring (bicyclic) bond motifs is 1. The molecule has 3 aromatic rings. The summed E-state index contributed by atoms with van der Waals surface area (Å²) in [5, 5.41) is 49.2. The third kappa shape index (κ3) is 17.2. The van der Waals surface area contributed by atoms with Gasteiger partial charge in [-0.25, -0.2) is 0 Å². The van der Waals surface area contributed by atoms with Crippen LogP contribution in [0.4, 0.5) is 0 Å². The van der Waals surface area contributed by atoms with Crippen molar-refractivity contribution in [2.75, 3.05) is 78.5 Å². The number of nitrogens with zero attached hydrogens (tertiary/aromatic N) is 5. The maximum atomic E-state index is 12.9. The van der Waals surface area contributed by atoms with Crippen LogP contribution in [0.1, 0.15) is 53.7 Å². The van der Waals surface area contributed by atoms with E-state index in [0.717, 1.165) is 16.5 Å². The van der Waals surface area contributed by atoms with Gasteiger partial charge in [-0.05, 0) is 48.4 Å². The summed E-state index contributed by atoms with van der Waals surface area (Å²) < 4.78 is 0. The van der Waals surface area contributed by atoms with Gasteiger partial charge in [-0.3, -0.25) is 58.1 Å². The van der Waals surface area contributed by atoms with Gasteiger partial charge in [0.2, 0.25) is 11.8 Å². The molecule has 2 heterocycles. The third-order valence-electron chi connectivity index (χ3n) is 10.4. The van der Waals surface area contributed by atoms with Crippen molar-refractivity contribution < 1.29 is 54.0 Å². The van der Waals surface area contributed by atoms with Gasteiger partial charge in [0.05, 0.1) is 31.9 Å². The molecule has 2 aromatic carbocycles. The van der Waals surface area contributed by atoms with Gasteiger partial charge in [-0.1, -0.05) is 36.4 Å². The number of hydrogen-bond acceptors (Lipinski definition) is 12. The Bertz CT molecular complexity index is 1930. The minimum absolute atomic E-state index is 0.0716. The Morgan fingerprint density at radius 3 is 1.72 bits per heavy atom. The number of unbranched alkanes of at least 4 members (excludes halogenated alkanes) is 1. The number of aliphatic carboxylic acids is 4. The zero-order valence-corrected chi connectivity index (χ0v) is 34.2. The van der Waals surface area contributed by atoms with Crippen molar-refractivity contribution in [2.45, 2.75) is 51.2 Å². The lowest BCUT2D eigenvalue weighted by Gasteiger charge is -2.35. The van der Waals surface area contributed by atoms with E-state index >= 15 is 0 Å². The maximum Gasteiger partial charge on any atom is 0.320 e. The van der Waals surface area contributed by atoms with E-state index in [0.29, 0.717) is 43.5 Å². The van der Waals surface area contributed by atoms with Crippen molar-refractivity contribution in [3.8, 4) is 0 Å². The molecule has 1 aliphatic rings. The minimum Gasteiger partial charge on any atom is -0.480 e. The lowest BCUT2D eigenvalue weighted by molar-refractivity contribution is -0.145. The first-order chi connectivity index (χ1) is 29.3. The fourth-order valence-corrected chi connectivity index (χ4v) is 7.01. The van der Waals surface area contributed by atoms with Gasteiger partial charge in [0.25, 0.3) is 5.91 Å². The van der Waals surface area contributed by atoms with Crippen molar-refractivity contribution >= 4 is 52.4 Å². The number of pyridine rings is 1. The summed E-state index contributed by atoms with van der Waals surface area (Å²) in [7, 11) is 0. The Hall–Kier alpha value is -6.02. The van der Waals surface area contributed by atoms with Crippen molar-refractivity contribution in [1.29, 1.82) is 0 Å². The summed E-state index contributed by atoms with van der Waals surface area (Å²) in [6, 6.07) is 15.3. The van der Waals surface area contributed by atoms with E-state index in [1.807, 2.05) is 30.3 Å². The minimum atomic E-state index is -1.19. The molecule has 0 aliphatic carbocycles. The van der Waals surface area contributed by atoms with Crippen LogP contribution in [0.5, 0.6) is 0 Å². The number of amides is 3. The zero-order valence-electron chi connectivity index (χ0n) is 34.2. The summed E-state index contributed by atoms with van der Waals surface area (Å²) in [4.78, 5) is 96.0.